The molecule has 0 spiro atoms. The van der Waals surface area contributed by atoms with E-state index < -0.39 is 0 Å². The first kappa shape index (κ1) is 12.6. The van der Waals surface area contributed by atoms with E-state index in [1.54, 1.807) is 7.11 Å². The van der Waals surface area contributed by atoms with Gasteiger partial charge in [-0.15, -0.1) is 0 Å². The van der Waals surface area contributed by atoms with Gasteiger partial charge in [0.2, 0.25) is 12.5 Å². The standard InChI is InChI=1S/C10H13NO3.C2H6/c1-12-8-4-7(2-3-11)5-9-10(8)14-6-13-9;1-2/h4-5H,2-3,6,11H2,1H3;1-2H3. The molecule has 0 aromatic heterocycles. The summed E-state index contributed by atoms with van der Waals surface area (Å²) in [6, 6.07) is 3.87. The molecule has 0 amide bonds. The second-order valence-corrected chi connectivity index (χ2v) is 3.07. The lowest BCUT2D eigenvalue weighted by molar-refractivity contribution is 0.171. The zero-order valence-electron chi connectivity index (χ0n) is 10.1. The van der Waals surface area contributed by atoms with E-state index >= 15 is 0 Å². The van der Waals surface area contributed by atoms with Gasteiger partial charge in [0.05, 0.1) is 7.11 Å². The van der Waals surface area contributed by atoms with Crippen LogP contribution in [-0.2, 0) is 6.42 Å². The minimum absolute atomic E-state index is 0.262. The van der Waals surface area contributed by atoms with Crippen molar-refractivity contribution in [2.75, 3.05) is 20.4 Å². The van der Waals surface area contributed by atoms with Gasteiger partial charge in [0, 0.05) is 0 Å². The highest BCUT2D eigenvalue weighted by Crippen LogP contribution is 2.41. The number of hydrogen-bond donors (Lipinski definition) is 1. The van der Waals surface area contributed by atoms with Crippen LogP contribution in [0.15, 0.2) is 12.1 Å². The molecule has 1 heterocycles. The fourth-order valence-corrected chi connectivity index (χ4v) is 1.49. The Bertz CT molecular complexity index is 339. The predicted molar refractivity (Wildman–Crippen MR) is 63.2 cm³/mol. The van der Waals surface area contributed by atoms with Crippen molar-refractivity contribution in [2.45, 2.75) is 20.3 Å². The zero-order chi connectivity index (χ0) is 12.0. The zero-order valence-corrected chi connectivity index (χ0v) is 10.1. The van der Waals surface area contributed by atoms with Gasteiger partial charge >= 0.3 is 0 Å². The van der Waals surface area contributed by atoms with Crippen LogP contribution in [0.25, 0.3) is 0 Å². The second kappa shape index (κ2) is 6.23. The normalized spacial score (nSPS) is 11.8. The van der Waals surface area contributed by atoms with Crippen LogP contribution in [0, 0.1) is 0 Å². The first-order valence-electron chi connectivity index (χ1n) is 5.51. The molecule has 2 N–H and O–H groups in total. The van der Waals surface area contributed by atoms with Gasteiger partial charge in [-0.25, -0.2) is 0 Å². The number of methoxy groups -OCH3 is 1. The summed E-state index contributed by atoms with van der Waals surface area (Å²) in [7, 11) is 1.61. The smallest absolute Gasteiger partial charge is 0.231 e. The summed E-state index contributed by atoms with van der Waals surface area (Å²) < 4.78 is 15.8. The summed E-state index contributed by atoms with van der Waals surface area (Å²) in [5.74, 6) is 2.14. The van der Waals surface area contributed by atoms with E-state index in [4.69, 9.17) is 19.9 Å². The quantitative estimate of drug-likeness (QED) is 0.854. The Kier molecular flexibility index (Phi) is 4.92. The molecule has 0 bridgehead atoms. The molecule has 0 unspecified atom stereocenters. The van der Waals surface area contributed by atoms with Gasteiger partial charge in [0.1, 0.15) is 0 Å². The van der Waals surface area contributed by atoms with Crippen LogP contribution in [0.1, 0.15) is 19.4 Å². The van der Waals surface area contributed by atoms with Crippen LogP contribution >= 0.6 is 0 Å². The highest BCUT2D eigenvalue weighted by Gasteiger charge is 2.19. The molecular formula is C12H19NO3. The third-order valence-electron chi connectivity index (χ3n) is 2.15. The van der Waals surface area contributed by atoms with E-state index in [-0.39, 0.29) is 6.79 Å². The number of nitrogens with two attached hydrogens (primary N) is 1. The third-order valence-corrected chi connectivity index (χ3v) is 2.15. The number of hydrogen-bond acceptors (Lipinski definition) is 4. The van der Waals surface area contributed by atoms with Crippen molar-refractivity contribution in [3.8, 4) is 17.2 Å². The topological polar surface area (TPSA) is 53.7 Å². The Balaban J connectivity index is 0.000000606. The van der Waals surface area contributed by atoms with E-state index in [9.17, 15) is 0 Å². The van der Waals surface area contributed by atoms with Gasteiger partial charge in [-0.05, 0) is 30.7 Å². The van der Waals surface area contributed by atoms with E-state index in [0.717, 1.165) is 17.7 Å². The maximum Gasteiger partial charge on any atom is 0.231 e. The lowest BCUT2D eigenvalue weighted by atomic mass is 10.1. The summed E-state index contributed by atoms with van der Waals surface area (Å²) in [6.07, 6.45) is 0.812. The van der Waals surface area contributed by atoms with E-state index in [0.29, 0.717) is 18.0 Å². The molecule has 0 fully saturated rings. The summed E-state index contributed by atoms with van der Waals surface area (Å²) in [6.45, 7) is 4.88. The number of rotatable bonds is 3. The van der Waals surface area contributed by atoms with Gasteiger partial charge < -0.3 is 19.9 Å². The molecule has 1 aliphatic heterocycles. The summed E-state index contributed by atoms with van der Waals surface area (Å²) in [4.78, 5) is 0. The molecule has 0 radical (unpaired) electrons. The molecule has 90 valence electrons. The Hall–Kier alpha value is -1.42. The Morgan fingerprint density at radius 3 is 2.69 bits per heavy atom. The molecule has 4 heteroatoms. The van der Waals surface area contributed by atoms with Crippen molar-refractivity contribution >= 4 is 0 Å². The van der Waals surface area contributed by atoms with Crippen LogP contribution in [0.2, 0.25) is 0 Å². The molecule has 1 aliphatic rings. The summed E-state index contributed by atoms with van der Waals surface area (Å²) in [5, 5.41) is 0. The summed E-state index contributed by atoms with van der Waals surface area (Å²) >= 11 is 0. The number of benzene rings is 1. The average Bonchev–Trinajstić information content (AvgIpc) is 2.79. The van der Waals surface area contributed by atoms with E-state index in [1.165, 1.54) is 0 Å². The first-order valence-corrected chi connectivity index (χ1v) is 5.51. The van der Waals surface area contributed by atoms with Crippen molar-refractivity contribution < 1.29 is 14.2 Å². The van der Waals surface area contributed by atoms with Crippen LogP contribution in [0.5, 0.6) is 17.2 Å². The SMILES string of the molecule is CC.COc1cc(CCN)cc2c1OCO2. The average molecular weight is 225 g/mol. The van der Waals surface area contributed by atoms with Crippen molar-refractivity contribution in [2.24, 2.45) is 5.73 Å². The minimum Gasteiger partial charge on any atom is -0.493 e. The van der Waals surface area contributed by atoms with E-state index in [1.807, 2.05) is 26.0 Å². The van der Waals surface area contributed by atoms with Crippen molar-refractivity contribution in [1.82, 2.24) is 0 Å². The van der Waals surface area contributed by atoms with E-state index in [2.05, 4.69) is 0 Å². The van der Waals surface area contributed by atoms with Gasteiger partial charge in [-0.1, -0.05) is 13.8 Å². The molecule has 0 atom stereocenters. The molecule has 1 aromatic rings. The third kappa shape index (κ3) is 2.58. The maximum atomic E-state index is 5.48. The van der Waals surface area contributed by atoms with Crippen LogP contribution in [-0.4, -0.2) is 20.4 Å². The summed E-state index contributed by atoms with van der Waals surface area (Å²) in [5.41, 5.74) is 6.59. The number of fused-ring (bicyclic) bond motifs is 1. The molecule has 0 saturated carbocycles. The molecule has 16 heavy (non-hydrogen) atoms. The predicted octanol–water partition coefficient (Wildman–Crippen LogP) is 1.95. The minimum atomic E-state index is 0.262. The Labute approximate surface area is 96.3 Å². The van der Waals surface area contributed by atoms with Crippen molar-refractivity contribution in [3.05, 3.63) is 17.7 Å². The van der Waals surface area contributed by atoms with Crippen LogP contribution < -0.4 is 19.9 Å². The first-order chi connectivity index (χ1) is 7.85. The van der Waals surface area contributed by atoms with Crippen LogP contribution in [0.3, 0.4) is 0 Å². The van der Waals surface area contributed by atoms with Crippen LogP contribution in [0.4, 0.5) is 0 Å². The fraction of sp³-hybridized carbons (Fsp3) is 0.500. The lowest BCUT2D eigenvalue weighted by Crippen LogP contribution is -2.02. The lowest BCUT2D eigenvalue weighted by Gasteiger charge is -2.07. The largest absolute Gasteiger partial charge is 0.493 e. The molecular weight excluding hydrogens is 206 g/mol. The molecule has 0 aliphatic carbocycles. The van der Waals surface area contributed by atoms with Crippen molar-refractivity contribution in [3.63, 3.8) is 0 Å². The molecule has 0 saturated heterocycles. The molecule has 2 rings (SSSR count). The highest BCUT2D eigenvalue weighted by molar-refractivity contribution is 5.55. The number of ether oxygens (including phenoxy) is 3. The van der Waals surface area contributed by atoms with Crippen molar-refractivity contribution in [1.29, 1.82) is 0 Å². The van der Waals surface area contributed by atoms with Gasteiger partial charge in [0.15, 0.2) is 11.5 Å². The highest BCUT2D eigenvalue weighted by atomic mass is 16.7. The second-order valence-electron chi connectivity index (χ2n) is 3.07. The van der Waals surface area contributed by atoms with Gasteiger partial charge in [-0.3, -0.25) is 0 Å². The molecule has 4 nitrogen and oxygen atoms in total. The maximum absolute atomic E-state index is 5.48. The molecule has 1 aromatic carbocycles. The monoisotopic (exact) mass is 225 g/mol. The van der Waals surface area contributed by atoms with Gasteiger partial charge in [-0.2, -0.15) is 0 Å². The Morgan fingerprint density at radius 1 is 1.31 bits per heavy atom. The Morgan fingerprint density at radius 2 is 2.06 bits per heavy atom. The van der Waals surface area contributed by atoms with Gasteiger partial charge in [0.25, 0.3) is 0 Å². The fourth-order valence-electron chi connectivity index (χ4n) is 1.49.